The van der Waals surface area contributed by atoms with Gasteiger partial charge in [0, 0.05) is 11.0 Å². The average molecular weight is 501 g/mol. The van der Waals surface area contributed by atoms with E-state index in [1.165, 1.54) is 38.5 Å². The van der Waals surface area contributed by atoms with Gasteiger partial charge in [-0.3, -0.25) is 4.79 Å². The number of aliphatic hydroxyl groups excluding tert-OH is 2. The van der Waals surface area contributed by atoms with Gasteiger partial charge in [-0.1, -0.05) is 80.2 Å². The maximum Gasteiger partial charge on any atom is 0.168 e. The molecule has 0 bridgehead atoms. The molecule has 36 heavy (non-hydrogen) atoms. The van der Waals surface area contributed by atoms with Crippen LogP contribution in [-0.4, -0.2) is 28.2 Å². The Balaban J connectivity index is 1.70. The molecule has 0 amide bonds. The second-order valence-electron chi connectivity index (χ2n) is 16.0. The number of hydrogen-bond acceptors (Lipinski definition) is 3. The molecule has 4 aliphatic rings. The molecule has 3 nitrogen and oxygen atoms in total. The SMILES string of the molecule is CC1=C(C(C)O)C(=O)[C@@]2(C)C(C)C3C(O)C4C(C)CCC(CCCC(C)(C)C)C4C[C@@]3(C)C[C@@]2(C)C1. The summed E-state index contributed by atoms with van der Waals surface area (Å²) < 4.78 is 0. The first-order valence-electron chi connectivity index (χ1n) is 15.1. The molecule has 8 unspecified atom stereocenters. The molecule has 4 rings (SSSR count). The highest BCUT2D eigenvalue weighted by Gasteiger charge is 2.69. The molecule has 2 N–H and O–H groups in total. The summed E-state index contributed by atoms with van der Waals surface area (Å²) in [4.78, 5) is 14.1. The van der Waals surface area contributed by atoms with Gasteiger partial charge in [-0.05, 0) is 97.7 Å². The van der Waals surface area contributed by atoms with Gasteiger partial charge in [0.1, 0.15) is 0 Å². The minimum Gasteiger partial charge on any atom is -0.392 e. The van der Waals surface area contributed by atoms with Gasteiger partial charge in [0.05, 0.1) is 12.2 Å². The Morgan fingerprint density at radius 2 is 1.75 bits per heavy atom. The number of fused-ring (bicyclic) bond motifs is 3. The number of carbonyl (C=O) groups is 1. The normalized spacial score (nSPS) is 48.2. The molecule has 0 saturated heterocycles. The fourth-order valence-electron chi connectivity index (χ4n) is 10.6. The van der Waals surface area contributed by atoms with Gasteiger partial charge < -0.3 is 10.2 Å². The van der Waals surface area contributed by atoms with Crippen LogP contribution in [0.25, 0.3) is 0 Å². The van der Waals surface area contributed by atoms with E-state index < -0.39 is 11.5 Å². The van der Waals surface area contributed by atoms with Crippen LogP contribution in [0.1, 0.15) is 121 Å². The first-order valence-corrected chi connectivity index (χ1v) is 15.1. The molecule has 4 aliphatic carbocycles. The topological polar surface area (TPSA) is 57.5 Å². The number of carbonyl (C=O) groups excluding carboxylic acids is 1. The Morgan fingerprint density at radius 1 is 1.11 bits per heavy atom. The van der Waals surface area contributed by atoms with E-state index in [0.29, 0.717) is 34.7 Å². The van der Waals surface area contributed by atoms with Crippen LogP contribution in [0.5, 0.6) is 0 Å². The van der Waals surface area contributed by atoms with E-state index in [1.54, 1.807) is 6.92 Å². The number of aliphatic hydroxyl groups is 2. The molecule has 0 aliphatic heterocycles. The van der Waals surface area contributed by atoms with Gasteiger partial charge >= 0.3 is 0 Å². The third-order valence-electron chi connectivity index (χ3n) is 12.3. The van der Waals surface area contributed by atoms with Crippen molar-refractivity contribution in [3.8, 4) is 0 Å². The standard InChI is InChI=1S/C33H56O3/c1-19-13-14-23(12-11-15-30(5,6)7)24-17-31(8)18-32(9)16-20(2)25(22(4)34)29(36)33(32,10)21(3)27(31)28(35)26(19)24/h19,21-24,26-28,34-35H,11-18H2,1-10H3/t19?,21?,22?,23?,24?,26?,27?,28?,31-,32+,33+/m0/s1. The first kappa shape index (κ1) is 28.3. The van der Waals surface area contributed by atoms with Crippen LogP contribution >= 0.6 is 0 Å². The van der Waals surface area contributed by atoms with Gasteiger partial charge in [0.2, 0.25) is 0 Å². The number of ketones is 1. The lowest BCUT2D eigenvalue weighted by molar-refractivity contribution is -0.222. The predicted molar refractivity (Wildman–Crippen MR) is 148 cm³/mol. The second kappa shape index (κ2) is 9.22. The summed E-state index contributed by atoms with van der Waals surface area (Å²) in [5, 5.41) is 22.7. The van der Waals surface area contributed by atoms with Crippen LogP contribution in [0.4, 0.5) is 0 Å². The van der Waals surface area contributed by atoms with Crippen LogP contribution in [-0.2, 0) is 4.79 Å². The molecule has 0 aromatic rings. The minimum absolute atomic E-state index is 0.0382. The second-order valence-corrected chi connectivity index (χ2v) is 16.0. The molecule has 0 aromatic heterocycles. The summed E-state index contributed by atoms with van der Waals surface area (Å²) in [5.41, 5.74) is 1.43. The number of Topliss-reactive ketones (excluding diaryl/α,β-unsaturated/α-hetero) is 1. The lowest BCUT2D eigenvalue weighted by Gasteiger charge is -2.69. The number of hydrogen-bond donors (Lipinski definition) is 2. The zero-order chi connectivity index (χ0) is 27.0. The Bertz CT molecular complexity index is 895. The van der Waals surface area contributed by atoms with Crippen LogP contribution in [0.2, 0.25) is 0 Å². The third-order valence-corrected chi connectivity index (χ3v) is 12.3. The lowest BCUT2D eigenvalue weighted by Crippen LogP contribution is -2.67. The summed E-state index contributed by atoms with van der Waals surface area (Å²) in [6, 6.07) is 0. The Morgan fingerprint density at radius 3 is 2.33 bits per heavy atom. The molecule has 11 atom stereocenters. The summed E-state index contributed by atoms with van der Waals surface area (Å²) in [5.74, 6) is 2.55. The zero-order valence-corrected chi connectivity index (χ0v) is 25.1. The molecular formula is C33H56O3. The van der Waals surface area contributed by atoms with Crippen molar-refractivity contribution in [2.75, 3.05) is 0 Å². The van der Waals surface area contributed by atoms with Crippen molar-refractivity contribution in [3.05, 3.63) is 11.1 Å². The maximum absolute atomic E-state index is 14.1. The number of allylic oxidation sites excluding steroid dienone is 1. The molecule has 0 aromatic carbocycles. The fraction of sp³-hybridized carbons (Fsp3) is 0.909. The van der Waals surface area contributed by atoms with Crippen LogP contribution in [0, 0.1) is 57.2 Å². The highest BCUT2D eigenvalue weighted by atomic mass is 16.3. The van der Waals surface area contributed by atoms with E-state index in [1.807, 2.05) is 0 Å². The van der Waals surface area contributed by atoms with Gasteiger partial charge in [0.25, 0.3) is 0 Å². The smallest absolute Gasteiger partial charge is 0.168 e. The van der Waals surface area contributed by atoms with E-state index in [2.05, 4.69) is 62.3 Å². The van der Waals surface area contributed by atoms with Crippen molar-refractivity contribution in [1.29, 1.82) is 0 Å². The van der Waals surface area contributed by atoms with Gasteiger partial charge in [-0.25, -0.2) is 0 Å². The zero-order valence-electron chi connectivity index (χ0n) is 25.1. The van der Waals surface area contributed by atoms with Crippen molar-refractivity contribution in [1.82, 2.24) is 0 Å². The predicted octanol–water partition coefficient (Wildman–Crippen LogP) is 7.59. The third kappa shape index (κ3) is 4.27. The van der Waals surface area contributed by atoms with Crippen molar-refractivity contribution in [2.24, 2.45) is 57.2 Å². The van der Waals surface area contributed by atoms with Crippen LogP contribution in [0.3, 0.4) is 0 Å². The van der Waals surface area contributed by atoms with Crippen molar-refractivity contribution in [2.45, 2.75) is 133 Å². The minimum atomic E-state index is -0.729. The molecular weight excluding hydrogens is 444 g/mol. The average Bonchev–Trinajstić information content (AvgIpc) is 2.71. The molecule has 0 heterocycles. The molecule has 0 spiro atoms. The van der Waals surface area contributed by atoms with Crippen molar-refractivity contribution >= 4 is 5.78 Å². The summed E-state index contributed by atoms with van der Waals surface area (Å²) in [6.45, 7) is 22.4. The van der Waals surface area contributed by atoms with E-state index in [0.717, 1.165) is 18.4 Å². The van der Waals surface area contributed by atoms with Crippen LogP contribution in [0.15, 0.2) is 11.1 Å². The first-order chi connectivity index (χ1) is 16.5. The Labute approximate surface area is 221 Å². The van der Waals surface area contributed by atoms with Crippen molar-refractivity contribution in [3.63, 3.8) is 0 Å². The summed E-state index contributed by atoms with van der Waals surface area (Å²) in [6.07, 6.45) is 8.36. The van der Waals surface area contributed by atoms with E-state index in [-0.39, 0.29) is 34.6 Å². The van der Waals surface area contributed by atoms with Crippen molar-refractivity contribution < 1.29 is 15.0 Å². The highest BCUT2D eigenvalue weighted by Crippen LogP contribution is 2.71. The largest absolute Gasteiger partial charge is 0.392 e. The molecule has 3 fully saturated rings. The molecule has 3 saturated carbocycles. The van der Waals surface area contributed by atoms with E-state index in [4.69, 9.17) is 0 Å². The lowest BCUT2D eigenvalue weighted by atomic mass is 9.35. The quantitative estimate of drug-likeness (QED) is 0.418. The Hall–Kier alpha value is -0.670. The van der Waals surface area contributed by atoms with Gasteiger partial charge in [0.15, 0.2) is 5.78 Å². The Kier molecular flexibility index (Phi) is 7.25. The maximum atomic E-state index is 14.1. The van der Waals surface area contributed by atoms with E-state index >= 15 is 0 Å². The van der Waals surface area contributed by atoms with Gasteiger partial charge in [-0.15, -0.1) is 0 Å². The molecule has 0 radical (unpaired) electrons. The van der Waals surface area contributed by atoms with Crippen LogP contribution < -0.4 is 0 Å². The monoisotopic (exact) mass is 500 g/mol. The fourth-order valence-corrected chi connectivity index (χ4v) is 10.6. The molecule has 206 valence electrons. The molecule has 3 heteroatoms. The number of rotatable bonds is 4. The summed E-state index contributed by atoms with van der Waals surface area (Å²) in [7, 11) is 0. The van der Waals surface area contributed by atoms with Gasteiger partial charge in [-0.2, -0.15) is 0 Å². The highest BCUT2D eigenvalue weighted by molar-refractivity contribution is 6.03. The van der Waals surface area contributed by atoms with E-state index in [9.17, 15) is 15.0 Å². The summed E-state index contributed by atoms with van der Waals surface area (Å²) >= 11 is 0.